The van der Waals surface area contributed by atoms with Crippen LogP contribution in [-0.2, 0) is 12.1 Å². The van der Waals surface area contributed by atoms with Gasteiger partial charge in [0.2, 0.25) is 0 Å². The second-order valence-electron chi connectivity index (χ2n) is 7.60. The van der Waals surface area contributed by atoms with Crippen molar-refractivity contribution in [3.05, 3.63) is 72.0 Å². The van der Waals surface area contributed by atoms with Crippen molar-refractivity contribution in [3.63, 3.8) is 0 Å². The average molecular weight is 364 g/mol. The minimum absolute atomic E-state index is 0.673. The summed E-state index contributed by atoms with van der Waals surface area (Å²) in [7, 11) is 0. The van der Waals surface area contributed by atoms with E-state index in [1.165, 1.54) is 5.56 Å². The zero-order valence-electron chi connectivity index (χ0n) is 16.0. The molecule has 1 N–H and O–H groups in total. The number of benzene rings is 2. The fourth-order valence-electron chi connectivity index (χ4n) is 3.98. The van der Waals surface area contributed by atoms with Crippen LogP contribution in [0.1, 0.15) is 24.5 Å². The molecule has 0 saturated carbocycles. The van der Waals surface area contributed by atoms with Gasteiger partial charge in [0, 0.05) is 44.7 Å². The molecule has 1 fully saturated rings. The number of rotatable bonds is 6. The molecule has 0 bridgehead atoms. The number of nitrogens with zero attached hydrogens (tertiary/aromatic N) is 2. The number of hydrogen-bond acceptors (Lipinski definition) is 4. The molecule has 1 aromatic heterocycles. The zero-order chi connectivity index (χ0) is 18.7. The summed E-state index contributed by atoms with van der Waals surface area (Å²) in [5.74, 6) is 0. The summed E-state index contributed by atoms with van der Waals surface area (Å²) in [6.45, 7) is 7.79. The summed E-state index contributed by atoms with van der Waals surface area (Å²) in [5.41, 5.74) is 2.38. The van der Waals surface area contributed by atoms with E-state index in [-0.39, 0.29) is 0 Å². The van der Waals surface area contributed by atoms with Crippen molar-refractivity contribution in [3.8, 4) is 0 Å². The van der Waals surface area contributed by atoms with Crippen LogP contribution >= 0.6 is 0 Å². The zero-order valence-corrected chi connectivity index (χ0v) is 16.0. The average Bonchev–Trinajstić information content (AvgIpc) is 3.18. The van der Waals surface area contributed by atoms with E-state index >= 15 is 0 Å². The Balaban J connectivity index is 1.39. The van der Waals surface area contributed by atoms with Gasteiger partial charge >= 0.3 is 0 Å². The Morgan fingerprint density at radius 3 is 2.44 bits per heavy atom. The molecule has 0 amide bonds. The van der Waals surface area contributed by atoms with Crippen LogP contribution in [0.2, 0.25) is 0 Å². The molecule has 0 aliphatic carbocycles. The van der Waals surface area contributed by atoms with E-state index in [2.05, 4.69) is 53.1 Å². The van der Waals surface area contributed by atoms with E-state index in [0.717, 1.165) is 49.3 Å². The van der Waals surface area contributed by atoms with Crippen LogP contribution in [0.4, 0.5) is 0 Å². The lowest BCUT2D eigenvalue weighted by atomic mass is 9.89. The van der Waals surface area contributed by atoms with Crippen molar-refractivity contribution in [2.45, 2.75) is 25.5 Å². The van der Waals surface area contributed by atoms with Gasteiger partial charge in [-0.3, -0.25) is 9.80 Å². The Hall–Kier alpha value is -2.14. The maximum Gasteiger partial charge on any atom is 0.133 e. The van der Waals surface area contributed by atoms with Gasteiger partial charge in [0.05, 0.1) is 6.26 Å². The highest BCUT2D eigenvalue weighted by atomic mass is 16.3. The van der Waals surface area contributed by atoms with Gasteiger partial charge in [-0.2, -0.15) is 0 Å². The maximum absolute atomic E-state index is 11.4. The first-order chi connectivity index (χ1) is 13.2. The molecular weight excluding hydrogens is 336 g/mol. The molecule has 1 saturated heterocycles. The van der Waals surface area contributed by atoms with Gasteiger partial charge in [0.25, 0.3) is 0 Å². The summed E-state index contributed by atoms with van der Waals surface area (Å²) < 4.78 is 5.43. The summed E-state index contributed by atoms with van der Waals surface area (Å²) in [6, 6.07) is 18.6. The highest BCUT2D eigenvalue weighted by Crippen LogP contribution is 2.30. The highest BCUT2D eigenvalue weighted by molar-refractivity contribution is 5.78. The van der Waals surface area contributed by atoms with Crippen molar-refractivity contribution in [1.29, 1.82) is 0 Å². The first kappa shape index (κ1) is 18.2. The van der Waals surface area contributed by atoms with Crippen molar-refractivity contribution < 1.29 is 9.52 Å². The van der Waals surface area contributed by atoms with Gasteiger partial charge in [-0.25, -0.2) is 0 Å². The fourth-order valence-corrected chi connectivity index (χ4v) is 3.98. The van der Waals surface area contributed by atoms with E-state index in [1.54, 1.807) is 6.26 Å². The van der Waals surface area contributed by atoms with Crippen LogP contribution in [0.5, 0.6) is 0 Å². The first-order valence-corrected chi connectivity index (χ1v) is 9.85. The third-order valence-corrected chi connectivity index (χ3v) is 5.77. The van der Waals surface area contributed by atoms with Gasteiger partial charge in [-0.05, 0) is 35.7 Å². The fraction of sp³-hybridized carbons (Fsp3) is 0.391. The molecule has 0 radical (unpaired) electrons. The normalized spacial score (nSPS) is 18.6. The lowest BCUT2D eigenvalue weighted by Gasteiger charge is -2.39. The summed E-state index contributed by atoms with van der Waals surface area (Å²) in [6.07, 6.45) is 2.39. The molecule has 4 heteroatoms. The van der Waals surface area contributed by atoms with Crippen LogP contribution in [0.15, 0.2) is 65.3 Å². The second-order valence-corrected chi connectivity index (χ2v) is 7.60. The third kappa shape index (κ3) is 4.08. The lowest BCUT2D eigenvalue weighted by Crippen LogP contribution is -2.50. The summed E-state index contributed by atoms with van der Waals surface area (Å²) in [4.78, 5) is 4.89. The van der Waals surface area contributed by atoms with Crippen molar-refractivity contribution in [1.82, 2.24) is 9.80 Å². The Kier molecular flexibility index (Phi) is 5.30. The molecule has 3 aromatic rings. The van der Waals surface area contributed by atoms with Crippen molar-refractivity contribution in [2.75, 3.05) is 32.7 Å². The summed E-state index contributed by atoms with van der Waals surface area (Å²) >= 11 is 0. The van der Waals surface area contributed by atoms with Gasteiger partial charge in [-0.15, -0.1) is 0 Å². The minimum Gasteiger partial charge on any atom is -0.464 e. The van der Waals surface area contributed by atoms with Crippen LogP contribution in [0.3, 0.4) is 0 Å². The largest absolute Gasteiger partial charge is 0.464 e. The second kappa shape index (κ2) is 7.85. The van der Waals surface area contributed by atoms with E-state index in [4.69, 9.17) is 4.42 Å². The maximum atomic E-state index is 11.4. The number of furan rings is 1. The van der Waals surface area contributed by atoms with E-state index in [0.29, 0.717) is 13.0 Å². The Morgan fingerprint density at radius 2 is 1.70 bits per heavy atom. The molecule has 2 heterocycles. The number of piperazine rings is 1. The van der Waals surface area contributed by atoms with Crippen LogP contribution in [0, 0.1) is 0 Å². The van der Waals surface area contributed by atoms with Gasteiger partial charge in [0.1, 0.15) is 11.2 Å². The molecule has 1 aliphatic heterocycles. The molecule has 1 atom stereocenters. The standard InChI is InChI=1S/C23H28N2O2/c1-2-23(26,21-8-9-22-20(16-21)10-15-27-22)18-25-13-11-24(12-14-25)17-19-6-4-3-5-7-19/h3-10,15-16,26H,2,11-14,17-18H2,1H3. The molecule has 1 unspecified atom stereocenters. The number of aliphatic hydroxyl groups is 1. The Bertz CT molecular complexity index is 868. The molecule has 2 aromatic carbocycles. The number of fused-ring (bicyclic) bond motifs is 1. The monoisotopic (exact) mass is 364 g/mol. The van der Waals surface area contributed by atoms with Crippen molar-refractivity contribution in [2.24, 2.45) is 0 Å². The molecular formula is C23H28N2O2. The topological polar surface area (TPSA) is 39.9 Å². The predicted molar refractivity (Wildman–Crippen MR) is 109 cm³/mol. The van der Waals surface area contributed by atoms with Crippen LogP contribution in [0.25, 0.3) is 11.0 Å². The van der Waals surface area contributed by atoms with Gasteiger partial charge < -0.3 is 9.52 Å². The molecule has 142 valence electrons. The number of β-amino-alcohol motifs (C(OH)–C–C–N with tert-alkyl or cyclic N) is 1. The van der Waals surface area contributed by atoms with E-state index in [1.807, 2.05) is 18.2 Å². The quantitative estimate of drug-likeness (QED) is 0.721. The molecule has 27 heavy (non-hydrogen) atoms. The van der Waals surface area contributed by atoms with Gasteiger partial charge in [0.15, 0.2) is 0 Å². The number of hydrogen-bond donors (Lipinski definition) is 1. The van der Waals surface area contributed by atoms with Crippen LogP contribution in [-0.4, -0.2) is 47.6 Å². The minimum atomic E-state index is -0.826. The molecule has 4 nitrogen and oxygen atoms in total. The molecule has 4 rings (SSSR count). The highest BCUT2D eigenvalue weighted by Gasteiger charge is 2.31. The first-order valence-electron chi connectivity index (χ1n) is 9.85. The van der Waals surface area contributed by atoms with Gasteiger partial charge in [-0.1, -0.05) is 43.3 Å². The molecule has 1 aliphatic rings. The smallest absolute Gasteiger partial charge is 0.133 e. The van der Waals surface area contributed by atoms with Crippen molar-refractivity contribution >= 4 is 11.0 Å². The van der Waals surface area contributed by atoms with E-state index < -0.39 is 5.60 Å². The third-order valence-electron chi connectivity index (χ3n) is 5.77. The molecule has 0 spiro atoms. The Morgan fingerprint density at radius 1 is 0.963 bits per heavy atom. The van der Waals surface area contributed by atoms with E-state index in [9.17, 15) is 5.11 Å². The SMILES string of the molecule is CCC(O)(CN1CCN(Cc2ccccc2)CC1)c1ccc2occc2c1. The van der Waals surface area contributed by atoms with Crippen LogP contribution < -0.4 is 0 Å². The summed E-state index contributed by atoms with van der Waals surface area (Å²) in [5, 5.41) is 12.4. The predicted octanol–water partition coefficient (Wildman–Crippen LogP) is 3.85. The lowest BCUT2D eigenvalue weighted by molar-refractivity contribution is -0.0176. The Labute approximate surface area is 161 Å².